The number of halogens is 7. The summed E-state index contributed by atoms with van der Waals surface area (Å²) in [6.45, 7) is 0.509. The molecule has 0 spiro atoms. The summed E-state index contributed by atoms with van der Waals surface area (Å²) in [5.74, 6) is -0.504. The zero-order valence-corrected chi connectivity index (χ0v) is 17.3. The first-order valence-corrected chi connectivity index (χ1v) is 9.84. The lowest BCUT2D eigenvalue weighted by Crippen LogP contribution is -2.22. The molecule has 0 amide bonds. The van der Waals surface area contributed by atoms with Crippen LogP contribution in [0.25, 0.3) is 0 Å². The molecule has 0 atom stereocenters. The Bertz CT molecular complexity index is 1030. The number of fused-ring (bicyclic) bond motifs is 2. The molecule has 0 unspecified atom stereocenters. The quantitative estimate of drug-likeness (QED) is 0.418. The summed E-state index contributed by atoms with van der Waals surface area (Å²) in [6.07, 6.45) is -8.41. The minimum absolute atomic E-state index is 0.0822. The summed E-state index contributed by atoms with van der Waals surface area (Å²) in [7, 11) is 0. The van der Waals surface area contributed by atoms with Gasteiger partial charge in [-0.15, -0.1) is 0 Å². The maximum absolute atomic E-state index is 12.7. The van der Waals surface area contributed by atoms with Crippen LogP contribution in [0.3, 0.4) is 0 Å². The molecular weight excluding hydrogens is 494 g/mol. The van der Waals surface area contributed by atoms with Gasteiger partial charge in [-0.1, -0.05) is 22.0 Å². The Kier molecular flexibility index (Phi) is 6.35. The minimum atomic E-state index is -4.46. The summed E-state index contributed by atoms with van der Waals surface area (Å²) in [5.41, 5.74) is -1.52. The second-order valence-electron chi connectivity index (χ2n) is 6.80. The third kappa shape index (κ3) is 5.03. The van der Waals surface area contributed by atoms with Gasteiger partial charge in [0, 0.05) is 41.5 Å². The van der Waals surface area contributed by atoms with Crippen molar-refractivity contribution in [3.63, 3.8) is 0 Å². The smallest absolute Gasteiger partial charge is 0.384 e. The first-order chi connectivity index (χ1) is 14.4. The van der Waals surface area contributed by atoms with Crippen molar-refractivity contribution in [3.8, 4) is 0 Å². The highest BCUT2D eigenvalue weighted by molar-refractivity contribution is 9.10. The van der Waals surface area contributed by atoms with E-state index in [0.29, 0.717) is 0 Å². The van der Waals surface area contributed by atoms with E-state index < -0.39 is 23.5 Å². The number of rotatable bonds is 0. The average Bonchev–Trinajstić information content (AvgIpc) is 2.67. The third-order valence-corrected chi connectivity index (χ3v) is 5.14. The first-order valence-electron chi connectivity index (χ1n) is 9.04. The number of anilines is 2. The van der Waals surface area contributed by atoms with E-state index in [4.69, 9.17) is 0 Å². The van der Waals surface area contributed by atoms with Gasteiger partial charge in [-0.25, -0.2) is 0 Å². The van der Waals surface area contributed by atoms with Crippen LogP contribution in [0.1, 0.15) is 44.7 Å². The number of alkyl halides is 6. The van der Waals surface area contributed by atoms with Crippen molar-refractivity contribution in [1.82, 2.24) is 0 Å². The van der Waals surface area contributed by atoms with Gasteiger partial charge >= 0.3 is 12.4 Å². The number of hydrogen-bond acceptors (Lipinski definition) is 4. The maximum Gasteiger partial charge on any atom is 0.418 e. The molecule has 31 heavy (non-hydrogen) atoms. The van der Waals surface area contributed by atoms with Crippen molar-refractivity contribution >= 4 is 38.9 Å². The molecule has 2 aliphatic heterocycles. The molecule has 2 aromatic rings. The second kappa shape index (κ2) is 8.52. The van der Waals surface area contributed by atoms with Crippen molar-refractivity contribution in [2.45, 2.75) is 25.2 Å². The number of carbonyl (C=O) groups is 2. The molecule has 0 bridgehead atoms. The molecule has 166 valence electrons. The Morgan fingerprint density at radius 1 is 0.742 bits per heavy atom. The second-order valence-corrected chi connectivity index (χ2v) is 7.72. The van der Waals surface area contributed by atoms with Gasteiger partial charge in [-0.3, -0.25) is 9.59 Å². The fourth-order valence-electron chi connectivity index (χ4n) is 3.32. The molecule has 0 saturated heterocycles. The number of para-hydroxylation sites is 1. The van der Waals surface area contributed by atoms with E-state index in [-0.39, 0.29) is 64.5 Å². The summed E-state index contributed by atoms with van der Waals surface area (Å²) >= 11 is 2.98. The highest BCUT2D eigenvalue weighted by atomic mass is 79.9. The van der Waals surface area contributed by atoms with Gasteiger partial charge in [0.25, 0.3) is 0 Å². The first kappa shape index (κ1) is 23.1. The van der Waals surface area contributed by atoms with Gasteiger partial charge in [0.05, 0.1) is 22.5 Å². The van der Waals surface area contributed by atoms with Crippen molar-refractivity contribution in [1.29, 1.82) is 0 Å². The largest absolute Gasteiger partial charge is 0.418 e. The van der Waals surface area contributed by atoms with Gasteiger partial charge in [-0.05, 0) is 24.3 Å². The highest BCUT2D eigenvalue weighted by Gasteiger charge is 2.37. The zero-order chi connectivity index (χ0) is 23.0. The van der Waals surface area contributed by atoms with E-state index in [1.54, 1.807) is 0 Å². The molecule has 11 heteroatoms. The highest BCUT2D eigenvalue weighted by Crippen LogP contribution is 2.40. The van der Waals surface area contributed by atoms with Crippen LogP contribution in [0, 0.1) is 0 Å². The van der Waals surface area contributed by atoms with Crippen molar-refractivity contribution in [2.75, 3.05) is 23.7 Å². The molecule has 0 fully saturated rings. The van der Waals surface area contributed by atoms with Crippen LogP contribution in [0.2, 0.25) is 0 Å². The lowest BCUT2D eigenvalue weighted by Gasteiger charge is -2.22. The van der Waals surface area contributed by atoms with E-state index in [9.17, 15) is 35.9 Å². The zero-order valence-electron chi connectivity index (χ0n) is 15.7. The molecule has 0 saturated carbocycles. The maximum atomic E-state index is 12.7. The predicted molar refractivity (Wildman–Crippen MR) is 105 cm³/mol. The standard InChI is InChI=1S/C10H7BrF3NO.C10H8F3NO/c11-5-3-6-8(16)1-2-15-9(6)7(4-5)10(12,13)14;11-10(12,13)7-3-1-2-6-8(15)4-5-14-9(6)7/h3-4,15H,1-2H2;1-3,14H,4-5H2. The number of carbonyl (C=O) groups excluding carboxylic acids is 2. The molecule has 0 aliphatic carbocycles. The van der Waals surface area contributed by atoms with E-state index in [1.807, 2.05) is 0 Å². The van der Waals surface area contributed by atoms with Crippen LogP contribution in [0.4, 0.5) is 37.7 Å². The Morgan fingerprint density at radius 2 is 1.26 bits per heavy atom. The number of nitrogens with one attached hydrogen (secondary N) is 2. The van der Waals surface area contributed by atoms with E-state index in [0.717, 1.165) is 12.1 Å². The predicted octanol–water partition coefficient (Wildman–Crippen LogP) is 6.17. The molecular formula is C20H15BrF6N2O2. The van der Waals surface area contributed by atoms with Gasteiger partial charge in [-0.2, -0.15) is 26.3 Å². The van der Waals surface area contributed by atoms with Crippen molar-refractivity contribution in [3.05, 3.63) is 57.1 Å². The Labute approximate surface area is 181 Å². The average molecular weight is 509 g/mol. The van der Waals surface area contributed by atoms with Gasteiger partial charge < -0.3 is 10.6 Å². The molecule has 2 N–H and O–H groups in total. The van der Waals surface area contributed by atoms with Crippen LogP contribution in [-0.2, 0) is 12.4 Å². The Hall–Kier alpha value is -2.56. The topological polar surface area (TPSA) is 58.2 Å². The SMILES string of the molecule is O=C1CCNc2c1cc(Br)cc2C(F)(F)F.O=C1CCNc2c1cccc2C(F)(F)F. The minimum Gasteiger partial charge on any atom is -0.384 e. The number of benzene rings is 2. The molecule has 4 rings (SSSR count). The fourth-order valence-corrected chi connectivity index (χ4v) is 3.78. The van der Waals surface area contributed by atoms with E-state index >= 15 is 0 Å². The monoisotopic (exact) mass is 508 g/mol. The molecule has 0 aromatic heterocycles. The summed E-state index contributed by atoms with van der Waals surface area (Å²) in [6, 6.07) is 6.04. The fraction of sp³-hybridized carbons (Fsp3) is 0.300. The van der Waals surface area contributed by atoms with Crippen LogP contribution in [-0.4, -0.2) is 24.7 Å². The number of Topliss-reactive ketones (excluding diaryl/α,β-unsaturated/α-hetero) is 2. The third-order valence-electron chi connectivity index (χ3n) is 4.69. The van der Waals surface area contributed by atoms with Crippen LogP contribution < -0.4 is 10.6 Å². The summed E-state index contributed by atoms with van der Waals surface area (Å²) < 4.78 is 76.0. The number of hydrogen-bond donors (Lipinski definition) is 2. The molecule has 2 aromatic carbocycles. The lowest BCUT2D eigenvalue weighted by molar-refractivity contribution is -0.137. The Balaban J connectivity index is 0.000000176. The van der Waals surface area contributed by atoms with E-state index in [2.05, 4.69) is 26.6 Å². The van der Waals surface area contributed by atoms with Crippen LogP contribution >= 0.6 is 15.9 Å². The summed E-state index contributed by atoms with van der Waals surface area (Å²) in [4.78, 5) is 22.8. The molecule has 4 nitrogen and oxygen atoms in total. The molecule has 2 heterocycles. The molecule has 2 aliphatic rings. The molecule has 0 radical (unpaired) electrons. The van der Waals surface area contributed by atoms with E-state index in [1.165, 1.54) is 18.2 Å². The van der Waals surface area contributed by atoms with Gasteiger partial charge in [0.1, 0.15) is 0 Å². The summed E-state index contributed by atoms with van der Waals surface area (Å²) in [5, 5.41) is 5.26. The normalized spacial score (nSPS) is 15.7. The van der Waals surface area contributed by atoms with Crippen LogP contribution in [0.5, 0.6) is 0 Å². The number of ketones is 2. The van der Waals surface area contributed by atoms with Crippen LogP contribution in [0.15, 0.2) is 34.8 Å². The lowest BCUT2D eigenvalue weighted by atomic mass is 9.98. The van der Waals surface area contributed by atoms with Gasteiger partial charge in [0.15, 0.2) is 11.6 Å². The van der Waals surface area contributed by atoms with Crippen molar-refractivity contribution in [2.24, 2.45) is 0 Å². The van der Waals surface area contributed by atoms with Crippen molar-refractivity contribution < 1.29 is 35.9 Å². The van der Waals surface area contributed by atoms with Gasteiger partial charge in [0.2, 0.25) is 0 Å². The Morgan fingerprint density at radius 3 is 1.81 bits per heavy atom.